The molecule has 0 fully saturated rings. The van der Waals surface area contributed by atoms with E-state index in [1.54, 1.807) is 18.4 Å². The summed E-state index contributed by atoms with van der Waals surface area (Å²) in [5.41, 5.74) is 5.22. The Labute approximate surface area is 130 Å². The maximum absolute atomic E-state index is 12.0. The number of aryl methyl sites for hydroxylation is 1. The van der Waals surface area contributed by atoms with Gasteiger partial charge in [0, 0.05) is 10.9 Å². The molecule has 0 saturated heterocycles. The fourth-order valence-corrected chi connectivity index (χ4v) is 2.22. The maximum Gasteiger partial charge on any atom is 0.337 e. The van der Waals surface area contributed by atoms with Crippen molar-refractivity contribution in [1.82, 2.24) is 15.8 Å². The molecule has 2 rings (SSSR count). The smallest absolute Gasteiger partial charge is 0.337 e. The molecule has 1 heterocycles. The summed E-state index contributed by atoms with van der Waals surface area (Å²) < 4.78 is 4.58. The zero-order valence-electron chi connectivity index (χ0n) is 11.9. The number of carbonyl (C=O) groups excluding carboxylic acids is 3. The van der Waals surface area contributed by atoms with Crippen molar-refractivity contribution in [3.8, 4) is 0 Å². The van der Waals surface area contributed by atoms with Crippen LogP contribution in [0.25, 0.3) is 0 Å². The van der Waals surface area contributed by atoms with Crippen LogP contribution in [0.3, 0.4) is 0 Å². The maximum atomic E-state index is 12.0. The summed E-state index contributed by atoms with van der Waals surface area (Å²) in [7, 11) is 1.26. The molecule has 22 heavy (non-hydrogen) atoms. The number of hydrogen-bond donors (Lipinski definition) is 2. The number of ether oxygens (including phenoxy) is 1. The molecule has 1 aromatic carbocycles. The average molecular weight is 319 g/mol. The number of carbonyl (C=O) groups is 3. The number of hydrazine groups is 1. The van der Waals surface area contributed by atoms with Gasteiger partial charge in [0.05, 0.1) is 17.7 Å². The standard InChI is InChI=1S/C14H13N3O4S/c1-8-15-11(7-22-8)13(19)17-16-12(18)9-4-3-5-10(6-9)14(20)21-2/h3-7H,1-2H3,(H,16,18)(H,17,19). The van der Waals surface area contributed by atoms with Gasteiger partial charge in [0.1, 0.15) is 5.69 Å². The second kappa shape index (κ2) is 6.81. The molecule has 0 bridgehead atoms. The van der Waals surface area contributed by atoms with E-state index in [9.17, 15) is 14.4 Å². The molecular formula is C14H13N3O4S. The van der Waals surface area contributed by atoms with Gasteiger partial charge in [0.15, 0.2) is 0 Å². The number of benzene rings is 1. The molecule has 2 amide bonds. The largest absolute Gasteiger partial charge is 0.465 e. The minimum Gasteiger partial charge on any atom is -0.465 e. The van der Waals surface area contributed by atoms with Gasteiger partial charge < -0.3 is 4.74 Å². The zero-order chi connectivity index (χ0) is 16.1. The van der Waals surface area contributed by atoms with Crippen LogP contribution in [-0.4, -0.2) is 29.9 Å². The molecule has 0 unspecified atom stereocenters. The number of nitrogens with one attached hydrogen (secondary N) is 2. The van der Waals surface area contributed by atoms with Crippen molar-refractivity contribution in [2.45, 2.75) is 6.92 Å². The van der Waals surface area contributed by atoms with Crippen molar-refractivity contribution in [1.29, 1.82) is 0 Å². The lowest BCUT2D eigenvalue weighted by atomic mass is 10.1. The third-order valence-electron chi connectivity index (χ3n) is 2.69. The Morgan fingerprint density at radius 1 is 1.14 bits per heavy atom. The zero-order valence-corrected chi connectivity index (χ0v) is 12.7. The lowest BCUT2D eigenvalue weighted by molar-refractivity contribution is 0.0600. The van der Waals surface area contributed by atoms with E-state index in [1.165, 1.54) is 36.6 Å². The van der Waals surface area contributed by atoms with Crippen LogP contribution in [0.4, 0.5) is 0 Å². The molecule has 0 saturated carbocycles. The summed E-state index contributed by atoms with van der Waals surface area (Å²) in [6.45, 7) is 1.78. The highest BCUT2D eigenvalue weighted by molar-refractivity contribution is 7.09. The monoisotopic (exact) mass is 319 g/mol. The van der Waals surface area contributed by atoms with Gasteiger partial charge in [0.25, 0.3) is 11.8 Å². The number of esters is 1. The first-order chi connectivity index (χ1) is 10.5. The average Bonchev–Trinajstić information content (AvgIpc) is 2.98. The Balaban J connectivity index is 2.00. The molecule has 7 nitrogen and oxygen atoms in total. The van der Waals surface area contributed by atoms with Gasteiger partial charge in [-0.3, -0.25) is 20.4 Å². The van der Waals surface area contributed by atoms with Crippen molar-refractivity contribution in [2.24, 2.45) is 0 Å². The van der Waals surface area contributed by atoms with Crippen LogP contribution in [0.15, 0.2) is 29.6 Å². The molecule has 114 valence electrons. The van der Waals surface area contributed by atoms with Crippen LogP contribution in [0.1, 0.15) is 36.2 Å². The highest BCUT2D eigenvalue weighted by Crippen LogP contribution is 2.08. The topological polar surface area (TPSA) is 97.4 Å². The van der Waals surface area contributed by atoms with Crippen molar-refractivity contribution in [3.05, 3.63) is 51.5 Å². The van der Waals surface area contributed by atoms with Gasteiger partial charge in [-0.1, -0.05) is 6.07 Å². The molecule has 0 atom stereocenters. The third kappa shape index (κ3) is 3.67. The lowest BCUT2D eigenvalue weighted by Gasteiger charge is -2.07. The molecule has 0 aliphatic rings. The first-order valence-corrected chi connectivity index (χ1v) is 7.10. The van der Waals surface area contributed by atoms with Crippen LogP contribution in [0.2, 0.25) is 0 Å². The highest BCUT2D eigenvalue weighted by Gasteiger charge is 2.13. The van der Waals surface area contributed by atoms with Crippen LogP contribution < -0.4 is 10.9 Å². The van der Waals surface area contributed by atoms with Crippen molar-refractivity contribution in [3.63, 3.8) is 0 Å². The van der Waals surface area contributed by atoms with Gasteiger partial charge in [-0.25, -0.2) is 9.78 Å². The Kier molecular flexibility index (Phi) is 4.84. The van der Waals surface area contributed by atoms with Gasteiger partial charge in [-0.15, -0.1) is 11.3 Å². The predicted molar refractivity (Wildman–Crippen MR) is 79.6 cm³/mol. The van der Waals surface area contributed by atoms with E-state index in [-0.39, 0.29) is 16.8 Å². The minimum absolute atomic E-state index is 0.220. The second-order valence-electron chi connectivity index (χ2n) is 4.23. The molecule has 0 spiro atoms. The van der Waals surface area contributed by atoms with E-state index in [2.05, 4.69) is 20.6 Å². The number of hydrogen-bond acceptors (Lipinski definition) is 6. The van der Waals surface area contributed by atoms with Gasteiger partial charge in [-0.2, -0.15) is 0 Å². The van der Waals surface area contributed by atoms with Gasteiger partial charge in [0.2, 0.25) is 0 Å². The summed E-state index contributed by atoms with van der Waals surface area (Å²) >= 11 is 1.33. The Morgan fingerprint density at radius 2 is 1.82 bits per heavy atom. The second-order valence-corrected chi connectivity index (χ2v) is 5.29. The summed E-state index contributed by atoms with van der Waals surface area (Å²) in [4.78, 5) is 39.1. The molecular weight excluding hydrogens is 306 g/mol. The number of methoxy groups -OCH3 is 1. The summed E-state index contributed by atoms with van der Waals surface area (Å²) in [5.74, 6) is -1.61. The number of rotatable bonds is 3. The van der Waals surface area contributed by atoms with Crippen LogP contribution in [0, 0.1) is 6.92 Å². The van der Waals surface area contributed by atoms with Crippen molar-refractivity contribution in [2.75, 3.05) is 7.11 Å². The van der Waals surface area contributed by atoms with Gasteiger partial charge >= 0.3 is 5.97 Å². The molecule has 0 aliphatic carbocycles. The van der Waals surface area contributed by atoms with E-state index < -0.39 is 17.8 Å². The van der Waals surface area contributed by atoms with Crippen LogP contribution in [0.5, 0.6) is 0 Å². The molecule has 8 heteroatoms. The summed E-state index contributed by atoms with van der Waals surface area (Å²) in [6.07, 6.45) is 0. The van der Waals surface area contributed by atoms with Crippen LogP contribution in [-0.2, 0) is 4.74 Å². The fraction of sp³-hybridized carbons (Fsp3) is 0.143. The number of thiazole rings is 1. The SMILES string of the molecule is COC(=O)c1cccc(C(=O)NNC(=O)c2csc(C)n2)c1. The van der Waals surface area contributed by atoms with Crippen molar-refractivity contribution < 1.29 is 19.1 Å². The number of aromatic nitrogens is 1. The van der Waals surface area contributed by atoms with E-state index in [0.717, 1.165) is 5.01 Å². The van der Waals surface area contributed by atoms with E-state index >= 15 is 0 Å². The Bertz CT molecular complexity index is 726. The van der Waals surface area contributed by atoms with E-state index in [4.69, 9.17) is 0 Å². The third-order valence-corrected chi connectivity index (χ3v) is 3.46. The van der Waals surface area contributed by atoms with Gasteiger partial charge in [-0.05, 0) is 25.1 Å². The predicted octanol–water partition coefficient (Wildman–Crippen LogP) is 1.31. The first kappa shape index (κ1) is 15.6. The van der Waals surface area contributed by atoms with E-state index in [1.807, 2.05) is 0 Å². The summed E-state index contributed by atoms with van der Waals surface area (Å²) in [6, 6.07) is 5.97. The van der Waals surface area contributed by atoms with E-state index in [0.29, 0.717) is 0 Å². The van der Waals surface area contributed by atoms with Crippen LogP contribution >= 0.6 is 11.3 Å². The Morgan fingerprint density at radius 3 is 2.45 bits per heavy atom. The highest BCUT2D eigenvalue weighted by atomic mass is 32.1. The molecule has 1 aromatic heterocycles. The molecule has 0 aliphatic heterocycles. The first-order valence-electron chi connectivity index (χ1n) is 6.22. The molecule has 0 radical (unpaired) electrons. The van der Waals surface area contributed by atoms with Crippen molar-refractivity contribution >= 4 is 29.1 Å². The number of amides is 2. The Hall–Kier alpha value is -2.74. The molecule has 2 aromatic rings. The summed E-state index contributed by atoms with van der Waals surface area (Å²) in [5, 5.41) is 2.34. The normalized spacial score (nSPS) is 9.91. The number of nitrogens with zero attached hydrogens (tertiary/aromatic N) is 1. The molecule has 2 N–H and O–H groups in total. The quantitative estimate of drug-likeness (QED) is 0.657. The minimum atomic E-state index is -0.550. The lowest BCUT2D eigenvalue weighted by Crippen LogP contribution is -2.41. The fourth-order valence-electron chi connectivity index (χ4n) is 1.62.